The van der Waals surface area contributed by atoms with Crippen LogP contribution in [0.5, 0.6) is 0 Å². The number of hydrogen-bond donors (Lipinski definition) is 2. The van der Waals surface area contributed by atoms with Gasteiger partial charge in [0.15, 0.2) is 0 Å². The van der Waals surface area contributed by atoms with Gasteiger partial charge in [0.05, 0.1) is 0 Å². The molecule has 17 heavy (non-hydrogen) atoms. The molecule has 0 spiro atoms. The smallest absolute Gasteiger partial charge is 0.0462 e. The molecule has 96 valence electrons. The first kappa shape index (κ1) is 13.9. The van der Waals surface area contributed by atoms with Crippen molar-refractivity contribution in [2.75, 3.05) is 26.0 Å². The Hall–Kier alpha value is -1.13. The van der Waals surface area contributed by atoms with E-state index in [2.05, 4.69) is 17.2 Å². The quantitative estimate of drug-likeness (QED) is 0.680. The van der Waals surface area contributed by atoms with Gasteiger partial charge < -0.3 is 15.8 Å². The van der Waals surface area contributed by atoms with E-state index in [1.807, 2.05) is 12.3 Å². The summed E-state index contributed by atoms with van der Waals surface area (Å²) in [6, 6.07) is 2.13. The third-order valence-electron chi connectivity index (χ3n) is 2.74. The van der Waals surface area contributed by atoms with Gasteiger partial charge in [0, 0.05) is 43.4 Å². The van der Waals surface area contributed by atoms with Gasteiger partial charge in [-0.25, -0.2) is 0 Å². The van der Waals surface area contributed by atoms with Crippen molar-refractivity contribution in [2.45, 2.75) is 32.2 Å². The molecule has 0 saturated heterocycles. The standard InChI is InChI=1S/C13H23N3O/c1-3-7-16-13(5-4-9-17-2)11-10-15-8-6-12(11)14/h6,8,10,13,16H,3-5,7,9H2,1-2H3,(H2,14,15). The van der Waals surface area contributed by atoms with Gasteiger partial charge in [-0.3, -0.25) is 4.98 Å². The van der Waals surface area contributed by atoms with Crippen LogP contribution < -0.4 is 11.1 Å². The van der Waals surface area contributed by atoms with Crippen LogP contribution in [0, 0.1) is 0 Å². The van der Waals surface area contributed by atoms with Crippen molar-refractivity contribution in [1.82, 2.24) is 10.3 Å². The maximum atomic E-state index is 5.99. The Labute approximate surface area is 104 Å². The highest BCUT2D eigenvalue weighted by Gasteiger charge is 2.13. The number of nitrogen functional groups attached to an aromatic ring is 1. The highest BCUT2D eigenvalue weighted by molar-refractivity contribution is 5.46. The van der Waals surface area contributed by atoms with E-state index < -0.39 is 0 Å². The minimum absolute atomic E-state index is 0.277. The summed E-state index contributed by atoms with van der Waals surface area (Å²) in [5.74, 6) is 0. The van der Waals surface area contributed by atoms with Gasteiger partial charge >= 0.3 is 0 Å². The van der Waals surface area contributed by atoms with Crippen LogP contribution >= 0.6 is 0 Å². The second kappa shape index (κ2) is 8.03. The molecule has 1 rings (SSSR count). The summed E-state index contributed by atoms with van der Waals surface area (Å²) in [4.78, 5) is 4.15. The molecule has 1 aromatic heterocycles. The van der Waals surface area contributed by atoms with Crippen LogP contribution in [0.2, 0.25) is 0 Å². The van der Waals surface area contributed by atoms with Gasteiger partial charge in [-0.15, -0.1) is 0 Å². The van der Waals surface area contributed by atoms with E-state index in [0.717, 1.165) is 43.7 Å². The average Bonchev–Trinajstić information content (AvgIpc) is 2.35. The zero-order valence-corrected chi connectivity index (χ0v) is 10.8. The lowest BCUT2D eigenvalue weighted by Gasteiger charge is -2.20. The summed E-state index contributed by atoms with van der Waals surface area (Å²) < 4.78 is 5.09. The second-order valence-electron chi connectivity index (χ2n) is 4.15. The molecule has 3 N–H and O–H groups in total. The number of ether oxygens (including phenoxy) is 1. The lowest BCUT2D eigenvalue weighted by atomic mass is 10.0. The summed E-state index contributed by atoms with van der Waals surface area (Å²) in [7, 11) is 1.73. The van der Waals surface area contributed by atoms with Crippen molar-refractivity contribution < 1.29 is 4.74 Å². The van der Waals surface area contributed by atoms with Crippen LogP contribution in [0.25, 0.3) is 0 Å². The molecular weight excluding hydrogens is 214 g/mol. The molecule has 0 radical (unpaired) electrons. The molecule has 4 nitrogen and oxygen atoms in total. The third kappa shape index (κ3) is 4.71. The molecule has 4 heteroatoms. The molecule has 1 heterocycles. The predicted octanol–water partition coefficient (Wildman–Crippen LogP) is 2.13. The molecule has 0 fully saturated rings. The van der Waals surface area contributed by atoms with Crippen LogP contribution in [0.1, 0.15) is 37.8 Å². The summed E-state index contributed by atoms with van der Waals surface area (Å²) in [5, 5.41) is 3.51. The molecule has 1 unspecified atom stereocenters. The van der Waals surface area contributed by atoms with E-state index in [9.17, 15) is 0 Å². The first-order chi connectivity index (χ1) is 8.29. The van der Waals surface area contributed by atoms with Crippen LogP contribution in [0.15, 0.2) is 18.5 Å². The molecule has 0 amide bonds. The number of rotatable bonds is 8. The number of nitrogens with zero attached hydrogens (tertiary/aromatic N) is 1. The monoisotopic (exact) mass is 237 g/mol. The summed E-state index contributed by atoms with van der Waals surface area (Å²) in [5.41, 5.74) is 7.89. The molecule has 1 aromatic rings. The number of aromatic nitrogens is 1. The van der Waals surface area contributed by atoms with Crippen molar-refractivity contribution in [3.63, 3.8) is 0 Å². The summed E-state index contributed by atoms with van der Waals surface area (Å²) in [6.45, 7) is 3.93. The molecule has 0 aromatic carbocycles. The Morgan fingerprint density at radius 1 is 1.53 bits per heavy atom. The Morgan fingerprint density at radius 3 is 3.00 bits per heavy atom. The van der Waals surface area contributed by atoms with Gasteiger partial charge in [0.1, 0.15) is 0 Å². The lowest BCUT2D eigenvalue weighted by molar-refractivity contribution is 0.188. The largest absolute Gasteiger partial charge is 0.398 e. The van der Waals surface area contributed by atoms with Crippen molar-refractivity contribution >= 4 is 5.69 Å². The number of hydrogen-bond acceptors (Lipinski definition) is 4. The molecular formula is C13H23N3O. The highest BCUT2D eigenvalue weighted by atomic mass is 16.5. The summed E-state index contributed by atoms with van der Waals surface area (Å²) in [6.07, 6.45) is 6.73. The van der Waals surface area contributed by atoms with Crippen molar-refractivity contribution in [3.8, 4) is 0 Å². The third-order valence-corrected chi connectivity index (χ3v) is 2.74. The van der Waals surface area contributed by atoms with Crippen LogP contribution in [0.4, 0.5) is 5.69 Å². The second-order valence-corrected chi connectivity index (χ2v) is 4.15. The van der Waals surface area contributed by atoms with Crippen molar-refractivity contribution in [1.29, 1.82) is 0 Å². The molecule has 0 aliphatic rings. The maximum absolute atomic E-state index is 5.99. The van der Waals surface area contributed by atoms with Gasteiger partial charge in [-0.2, -0.15) is 0 Å². The van der Waals surface area contributed by atoms with Gasteiger partial charge in [0.2, 0.25) is 0 Å². The zero-order chi connectivity index (χ0) is 12.5. The lowest BCUT2D eigenvalue weighted by Crippen LogP contribution is -2.23. The SMILES string of the molecule is CCCNC(CCCOC)c1cnccc1N. The van der Waals surface area contributed by atoms with Crippen LogP contribution in [-0.4, -0.2) is 25.2 Å². The summed E-state index contributed by atoms with van der Waals surface area (Å²) >= 11 is 0. The number of nitrogens with one attached hydrogen (secondary N) is 1. The van der Waals surface area contributed by atoms with Crippen molar-refractivity contribution in [3.05, 3.63) is 24.0 Å². The minimum atomic E-state index is 0.277. The Balaban J connectivity index is 2.64. The average molecular weight is 237 g/mol. The Bertz CT molecular complexity index is 317. The molecule has 0 aliphatic heterocycles. The van der Waals surface area contributed by atoms with E-state index in [-0.39, 0.29) is 6.04 Å². The fraction of sp³-hybridized carbons (Fsp3) is 0.615. The number of methoxy groups -OCH3 is 1. The molecule has 0 saturated carbocycles. The first-order valence-electron chi connectivity index (χ1n) is 6.21. The van der Waals surface area contributed by atoms with Gasteiger partial charge in [-0.1, -0.05) is 6.92 Å². The Kier molecular flexibility index (Phi) is 6.58. The normalized spacial score (nSPS) is 12.6. The van der Waals surface area contributed by atoms with Crippen LogP contribution in [-0.2, 0) is 4.74 Å². The number of pyridine rings is 1. The van der Waals surface area contributed by atoms with Crippen molar-refractivity contribution in [2.24, 2.45) is 0 Å². The van der Waals surface area contributed by atoms with Crippen LogP contribution in [0.3, 0.4) is 0 Å². The predicted molar refractivity (Wildman–Crippen MR) is 70.8 cm³/mol. The van der Waals surface area contributed by atoms with E-state index >= 15 is 0 Å². The topological polar surface area (TPSA) is 60.2 Å². The Morgan fingerprint density at radius 2 is 2.35 bits per heavy atom. The molecule has 1 atom stereocenters. The molecule has 0 bridgehead atoms. The van der Waals surface area contributed by atoms with E-state index in [0.29, 0.717) is 0 Å². The van der Waals surface area contributed by atoms with Gasteiger partial charge in [0.25, 0.3) is 0 Å². The fourth-order valence-corrected chi connectivity index (χ4v) is 1.83. The first-order valence-corrected chi connectivity index (χ1v) is 6.21. The van der Waals surface area contributed by atoms with E-state index in [1.165, 1.54) is 0 Å². The molecule has 0 aliphatic carbocycles. The highest BCUT2D eigenvalue weighted by Crippen LogP contribution is 2.23. The van der Waals surface area contributed by atoms with Gasteiger partial charge in [-0.05, 0) is 31.9 Å². The van der Waals surface area contributed by atoms with E-state index in [1.54, 1.807) is 13.3 Å². The van der Waals surface area contributed by atoms with E-state index in [4.69, 9.17) is 10.5 Å². The maximum Gasteiger partial charge on any atom is 0.0462 e. The number of nitrogens with two attached hydrogens (primary N) is 1. The number of anilines is 1. The minimum Gasteiger partial charge on any atom is -0.398 e. The zero-order valence-electron chi connectivity index (χ0n) is 10.8. The fourth-order valence-electron chi connectivity index (χ4n) is 1.83.